The van der Waals surface area contributed by atoms with Crippen LogP contribution in [0.15, 0.2) is 59.7 Å². The Morgan fingerprint density at radius 2 is 1.72 bits per heavy atom. The van der Waals surface area contributed by atoms with Crippen molar-refractivity contribution >= 4 is 33.0 Å². The van der Waals surface area contributed by atoms with E-state index in [1.807, 2.05) is 42.5 Å². The van der Waals surface area contributed by atoms with Crippen LogP contribution in [0.25, 0.3) is 11.1 Å². The van der Waals surface area contributed by atoms with Gasteiger partial charge in [0.25, 0.3) is 0 Å². The lowest BCUT2D eigenvalue weighted by molar-refractivity contribution is 0.376. The molecule has 2 atom stereocenters. The summed E-state index contributed by atoms with van der Waals surface area (Å²) in [7, 11) is -3.01. The number of sulfone groups is 1. The summed E-state index contributed by atoms with van der Waals surface area (Å²) in [4.78, 5) is 0. The lowest BCUT2D eigenvalue weighted by Crippen LogP contribution is -2.32. The van der Waals surface area contributed by atoms with E-state index in [0.717, 1.165) is 16.7 Å². The summed E-state index contributed by atoms with van der Waals surface area (Å²) >= 11 is 1.30. The summed E-state index contributed by atoms with van der Waals surface area (Å²) in [5.74, 6) is 0.222. The monoisotopic (exact) mass is 371 g/mol. The van der Waals surface area contributed by atoms with Gasteiger partial charge in [0.2, 0.25) is 0 Å². The maximum absolute atomic E-state index is 11.8. The Morgan fingerprint density at radius 1 is 1.04 bits per heavy atom. The van der Waals surface area contributed by atoms with Crippen LogP contribution in [0.1, 0.15) is 5.56 Å². The van der Waals surface area contributed by atoms with Crippen LogP contribution in [0.4, 0.5) is 0 Å². The highest BCUT2D eigenvalue weighted by Crippen LogP contribution is 2.37. The largest absolute Gasteiger partial charge is 0.277 e. The highest BCUT2D eigenvalue weighted by atomic mass is 32.2. The van der Waals surface area contributed by atoms with Crippen molar-refractivity contribution < 1.29 is 8.42 Å². The van der Waals surface area contributed by atoms with E-state index in [2.05, 4.69) is 17.2 Å². The highest BCUT2D eigenvalue weighted by molar-refractivity contribution is 8.15. The molecule has 2 aliphatic rings. The van der Waals surface area contributed by atoms with Gasteiger partial charge in [-0.05, 0) is 16.7 Å². The minimum Gasteiger partial charge on any atom is -0.277 e. The van der Waals surface area contributed by atoms with E-state index in [9.17, 15) is 8.42 Å². The maximum atomic E-state index is 11.8. The molecule has 2 fully saturated rings. The van der Waals surface area contributed by atoms with Crippen LogP contribution in [0, 0.1) is 5.41 Å². The van der Waals surface area contributed by atoms with Crippen molar-refractivity contribution in [1.29, 1.82) is 5.41 Å². The Bertz CT molecular complexity index is 925. The maximum Gasteiger partial charge on any atom is 0.177 e. The second-order valence-electron chi connectivity index (χ2n) is 6.18. The van der Waals surface area contributed by atoms with Crippen LogP contribution in [-0.2, 0) is 9.84 Å². The molecule has 0 aliphatic carbocycles. The minimum absolute atomic E-state index is 0.0740. The molecule has 2 unspecified atom stereocenters. The van der Waals surface area contributed by atoms with Crippen molar-refractivity contribution in [3.63, 3.8) is 0 Å². The lowest BCUT2D eigenvalue weighted by atomic mass is 10.0. The molecule has 2 aliphatic heterocycles. The molecule has 2 aromatic carbocycles. The van der Waals surface area contributed by atoms with E-state index in [1.54, 1.807) is 11.2 Å². The zero-order chi connectivity index (χ0) is 17.4. The topological polar surface area (TPSA) is 73.6 Å². The number of fused-ring (bicyclic) bond motifs is 1. The molecular formula is C18H17N3O2S2. The average molecular weight is 371 g/mol. The number of hydrogen-bond acceptors (Lipinski definition) is 5. The van der Waals surface area contributed by atoms with Crippen molar-refractivity contribution in [2.24, 2.45) is 5.10 Å². The summed E-state index contributed by atoms with van der Waals surface area (Å²) in [6, 6.07) is 17.9. The molecule has 128 valence electrons. The zero-order valence-electron chi connectivity index (χ0n) is 13.4. The van der Waals surface area contributed by atoms with Crippen LogP contribution < -0.4 is 0 Å². The summed E-state index contributed by atoms with van der Waals surface area (Å²) in [6.45, 7) is 0. The molecule has 0 radical (unpaired) electrons. The summed E-state index contributed by atoms with van der Waals surface area (Å²) in [5.41, 5.74) is 3.20. The normalized spacial score (nSPS) is 24.8. The fourth-order valence-corrected chi connectivity index (χ4v) is 6.86. The van der Waals surface area contributed by atoms with Crippen molar-refractivity contribution in [2.45, 2.75) is 11.3 Å². The Labute approximate surface area is 151 Å². The quantitative estimate of drug-likeness (QED) is 0.842. The molecule has 7 heteroatoms. The van der Waals surface area contributed by atoms with E-state index in [1.165, 1.54) is 11.8 Å². The molecule has 0 bridgehead atoms. The molecule has 2 heterocycles. The Balaban J connectivity index is 1.51. The van der Waals surface area contributed by atoms with E-state index in [-0.39, 0.29) is 22.8 Å². The predicted molar refractivity (Wildman–Crippen MR) is 103 cm³/mol. The second kappa shape index (κ2) is 6.31. The average Bonchev–Trinajstić information content (AvgIpc) is 3.04. The number of nitrogens with one attached hydrogen (secondary N) is 1. The zero-order valence-corrected chi connectivity index (χ0v) is 15.0. The Morgan fingerprint density at radius 3 is 2.44 bits per heavy atom. The SMILES string of the molecule is N=C1SC2CS(=O)(=O)CC2N1N=Cc1ccc(-c2ccccc2)cc1. The molecule has 2 aromatic rings. The van der Waals surface area contributed by atoms with Gasteiger partial charge in [0.05, 0.1) is 23.8 Å². The van der Waals surface area contributed by atoms with Gasteiger partial charge in [0.15, 0.2) is 15.0 Å². The van der Waals surface area contributed by atoms with Crippen LogP contribution in [-0.4, -0.2) is 47.6 Å². The first-order valence-electron chi connectivity index (χ1n) is 7.96. The minimum atomic E-state index is -3.01. The molecule has 5 nitrogen and oxygen atoms in total. The second-order valence-corrected chi connectivity index (χ2v) is 9.56. The molecule has 0 saturated carbocycles. The van der Waals surface area contributed by atoms with Gasteiger partial charge < -0.3 is 0 Å². The van der Waals surface area contributed by atoms with Crippen molar-refractivity contribution in [2.75, 3.05) is 11.5 Å². The summed E-state index contributed by atoms with van der Waals surface area (Å²) in [6.07, 6.45) is 1.69. The number of amidine groups is 1. The number of nitrogens with zero attached hydrogens (tertiary/aromatic N) is 2. The molecule has 0 spiro atoms. The number of hydrazone groups is 1. The van der Waals surface area contributed by atoms with Gasteiger partial charge in [-0.15, -0.1) is 0 Å². The van der Waals surface area contributed by atoms with Gasteiger partial charge in [-0.3, -0.25) is 5.41 Å². The lowest BCUT2D eigenvalue weighted by Gasteiger charge is -2.17. The number of benzene rings is 2. The predicted octanol–water partition coefficient (Wildman–Crippen LogP) is 2.84. The molecule has 0 aromatic heterocycles. The van der Waals surface area contributed by atoms with Gasteiger partial charge in [-0.25, -0.2) is 13.4 Å². The first-order valence-corrected chi connectivity index (χ1v) is 10.7. The summed E-state index contributed by atoms with van der Waals surface area (Å²) < 4.78 is 23.6. The van der Waals surface area contributed by atoms with E-state index in [0.29, 0.717) is 5.17 Å². The molecule has 1 N–H and O–H groups in total. The first-order chi connectivity index (χ1) is 12.0. The van der Waals surface area contributed by atoms with Gasteiger partial charge in [0.1, 0.15) is 0 Å². The van der Waals surface area contributed by atoms with Crippen LogP contribution >= 0.6 is 11.8 Å². The molecule has 25 heavy (non-hydrogen) atoms. The van der Waals surface area contributed by atoms with Crippen LogP contribution in [0.2, 0.25) is 0 Å². The van der Waals surface area contributed by atoms with Crippen molar-refractivity contribution in [3.05, 3.63) is 60.2 Å². The third-order valence-electron chi connectivity index (χ3n) is 4.41. The van der Waals surface area contributed by atoms with Gasteiger partial charge in [-0.2, -0.15) is 5.10 Å². The molecule has 2 saturated heterocycles. The Hall–Kier alpha value is -2.12. The Kier molecular flexibility index (Phi) is 4.13. The van der Waals surface area contributed by atoms with E-state index >= 15 is 0 Å². The standard InChI is InChI=1S/C18H17N3O2S2/c19-18-21(16-11-25(22,23)12-17(16)24-18)20-10-13-6-8-15(9-7-13)14-4-2-1-3-5-14/h1-10,16-17,19H,11-12H2. The van der Waals surface area contributed by atoms with Crippen LogP contribution in [0.5, 0.6) is 0 Å². The van der Waals surface area contributed by atoms with E-state index in [4.69, 9.17) is 5.41 Å². The van der Waals surface area contributed by atoms with Gasteiger partial charge in [-0.1, -0.05) is 66.4 Å². The fourth-order valence-electron chi connectivity index (χ4n) is 3.14. The molecular weight excluding hydrogens is 354 g/mol. The van der Waals surface area contributed by atoms with E-state index < -0.39 is 9.84 Å². The van der Waals surface area contributed by atoms with Gasteiger partial charge in [0, 0.05) is 5.25 Å². The number of thioether (sulfide) groups is 1. The number of rotatable bonds is 3. The van der Waals surface area contributed by atoms with Crippen molar-refractivity contribution in [3.8, 4) is 11.1 Å². The molecule has 0 amide bonds. The van der Waals surface area contributed by atoms with Crippen LogP contribution in [0.3, 0.4) is 0 Å². The molecule has 4 rings (SSSR count). The van der Waals surface area contributed by atoms with Gasteiger partial charge >= 0.3 is 0 Å². The highest BCUT2D eigenvalue weighted by Gasteiger charge is 2.48. The number of hydrogen-bond donors (Lipinski definition) is 1. The third kappa shape index (κ3) is 3.34. The fraction of sp³-hybridized carbons (Fsp3) is 0.222. The third-order valence-corrected chi connectivity index (χ3v) is 7.53. The first kappa shape index (κ1) is 16.4. The van der Waals surface area contributed by atoms with Crippen molar-refractivity contribution in [1.82, 2.24) is 5.01 Å². The smallest absolute Gasteiger partial charge is 0.177 e. The summed E-state index contributed by atoms with van der Waals surface area (Å²) in [5, 5.41) is 14.2.